The summed E-state index contributed by atoms with van der Waals surface area (Å²) in [5.41, 5.74) is 1.25. The van der Waals surface area contributed by atoms with Crippen LogP contribution in [-0.4, -0.2) is 5.78 Å². The van der Waals surface area contributed by atoms with E-state index in [9.17, 15) is 9.18 Å². The predicted molar refractivity (Wildman–Crippen MR) is 65.0 cm³/mol. The van der Waals surface area contributed by atoms with Crippen molar-refractivity contribution in [1.29, 1.82) is 0 Å². The molecule has 1 aromatic carbocycles. The maximum absolute atomic E-state index is 13.2. The lowest BCUT2D eigenvalue weighted by atomic mass is 9.93. The van der Waals surface area contributed by atoms with E-state index in [2.05, 4.69) is 15.9 Å². The monoisotopic (exact) mass is 282 g/mol. The minimum Gasteiger partial charge on any atom is -0.289 e. The van der Waals surface area contributed by atoms with Crippen molar-refractivity contribution in [3.63, 3.8) is 0 Å². The van der Waals surface area contributed by atoms with Gasteiger partial charge in [-0.05, 0) is 49.5 Å². The van der Waals surface area contributed by atoms with Crippen LogP contribution in [0.2, 0.25) is 0 Å². The van der Waals surface area contributed by atoms with Crippen molar-refractivity contribution < 1.29 is 9.18 Å². The zero-order chi connectivity index (χ0) is 11.5. The van der Waals surface area contributed by atoms with Gasteiger partial charge in [-0.3, -0.25) is 4.79 Å². The number of Topliss-reactive ketones (excluding diaryl/α,β-unsaturated/α-hetero) is 1. The second-order valence-electron chi connectivity index (χ2n) is 3.96. The molecule has 0 aliphatic heterocycles. The molecule has 0 radical (unpaired) electrons. The van der Waals surface area contributed by atoms with Gasteiger partial charge in [0.25, 0.3) is 0 Å². The molecule has 0 amide bonds. The Morgan fingerprint density at radius 2 is 2.06 bits per heavy atom. The smallest absolute Gasteiger partial charge is 0.188 e. The minimum absolute atomic E-state index is 0.0418. The maximum Gasteiger partial charge on any atom is 0.188 e. The highest BCUT2D eigenvalue weighted by Crippen LogP contribution is 2.23. The molecule has 1 nitrogen and oxygen atoms in total. The van der Waals surface area contributed by atoms with Crippen LogP contribution in [0.4, 0.5) is 4.39 Å². The number of benzene rings is 1. The number of hydrogen-bond acceptors (Lipinski definition) is 1. The van der Waals surface area contributed by atoms with Crippen molar-refractivity contribution in [3.05, 3.63) is 45.7 Å². The molecule has 1 aromatic rings. The lowest BCUT2D eigenvalue weighted by molar-refractivity contribution is 0.102. The summed E-state index contributed by atoms with van der Waals surface area (Å²) in [6, 6.07) is 4.31. The van der Waals surface area contributed by atoms with E-state index in [4.69, 9.17) is 0 Å². The van der Waals surface area contributed by atoms with E-state index in [1.807, 2.05) is 6.08 Å². The zero-order valence-electron chi connectivity index (χ0n) is 8.80. The summed E-state index contributed by atoms with van der Waals surface area (Å²) in [5, 5.41) is 0. The largest absolute Gasteiger partial charge is 0.289 e. The molecule has 0 fully saturated rings. The lowest BCUT2D eigenvalue weighted by Gasteiger charge is -2.11. The maximum atomic E-state index is 13.2. The average Bonchev–Trinajstić information content (AvgIpc) is 2.28. The topological polar surface area (TPSA) is 17.1 Å². The fourth-order valence-electron chi connectivity index (χ4n) is 1.91. The van der Waals surface area contributed by atoms with Gasteiger partial charge in [0.05, 0.1) is 0 Å². The SMILES string of the molecule is O=C(C1=CCCCC1)c1cc(F)cc(Br)c1. The lowest BCUT2D eigenvalue weighted by Crippen LogP contribution is -2.06. The highest BCUT2D eigenvalue weighted by Gasteiger charge is 2.15. The van der Waals surface area contributed by atoms with Gasteiger partial charge in [0.1, 0.15) is 5.82 Å². The molecule has 0 saturated carbocycles. The first-order chi connectivity index (χ1) is 7.66. The zero-order valence-corrected chi connectivity index (χ0v) is 10.4. The molecular formula is C13H12BrFO. The van der Waals surface area contributed by atoms with Crippen LogP contribution in [0.5, 0.6) is 0 Å². The van der Waals surface area contributed by atoms with Gasteiger partial charge in [-0.1, -0.05) is 22.0 Å². The number of carbonyl (C=O) groups excluding carboxylic acids is 1. The molecule has 0 atom stereocenters. The highest BCUT2D eigenvalue weighted by atomic mass is 79.9. The van der Waals surface area contributed by atoms with Crippen molar-refractivity contribution in [2.24, 2.45) is 0 Å². The molecule has 0 bridgehead atoms. The Morgan fingerprint density at radius 1 is 1.25 bits per heavy atom. The van der Waals surface area contributed by atoms with E-state index in [0.717, 1.165) is 31.3 Å². The second kappa shape index (κ2) is 4.91. The number of ketones is 1. The number of allylic oxidation sites excluding steroid dienone is 2. The van der Waals surface area contributed by atoms with Crippen molar-refractivity contribution in [1.82, 2.24) is 0 Å². The van der Waals surface area contributed by atoms with Gasteiger partial charge in [-0.15, -0.1) is 0 Å². The minimum atomic E-state index is -0.380. The highest BCUT2D eigenvalue weighted by molar-refractivity contribution is 9.10. The summed E-state index contributed by atoms with van der Waals surface area (Å²) in [6.07, 6.45) is 5.94. The van der Waals surface area contributed by atoms with Gasteiger partial charge in [0.2, 0.25) is 0 Å². The van der Waals surface area contributed by atoms with Crippen LogP contribution >= 0.6 is 15.9 Å². The molecule has 0 spiro atoms. The fourth-order valence-corrected chi connectivity index (χ4v) is 2.38. The van der Waals surface area contributed by atoms with E-state index >= 15 is 0 Å². The Balaban J connectivity index is 2.29. The van der Waals surface area contributed by atoms with Gasteiger partial charge in [0, 0.05) is 10.0 Å². The molecule has 84 valence electrons. The molecule has 0 saturated heterocycles. The van der Waals surface area contributed by atoms with Crippen LogP contribution in [0, 0.1) is 5.82 Å². The Labute approximate surface area is 102 Å². The first-order valence-electron chi connectivity index (χ1n) is 5.36. The van der Waals surface area contributed by atoms with Crippen LogP contribution in [0.1, 0.15) is 36.0 Å². The Kier molecular flexibility index (Phi) is 3.54. The summed E-state index contributed by atoms with van der Waals surface area (Å²) >= 11 is 3.19. The van der Waals surface area contributed by atoms with Gasteiger partial charge < -0.3 is 0 Å². The van der Waals surface area contributed by atoms with Gasteiger partial charge >= 0.3 is 0 Å². The second-order valence-corrected chi connectivity index (χ2v) is 4.88. The van der Waals surface area contributed by atoms with E-state index in [0.29, 0.717) is 10.0 Å². The molecule has 2 rings (SSSR count). The Morgan fingerprint density at radius 3 is 2.69 bits per heavy atom. The molecule has 1 aliphatic rings. The van der Waals surface area contributed by atoms with Crippen molar-refractivity contribution in [2.45, 2.75) is 25.7 Å². The quantitative estimate of drug-likeness (QED) is 0.741. The number of carbonyl (C=O) groups is 1. The molecule has 0 unspecified atom stereocenters. The van der Waals surface area contributed by atoms with Crippen LogP contribution in [0.25, 0.3) is 0 Å². The summed E-state index contributed by atoms with van der Waals surface area (Å²) in [6.45, 7) is 0. The average molecular weight is 283 g/mol. The van der Waals surface area contributed by atoms with E-state index in [1.165, 1.54) is 12.1 Å². The van der Waals surface area contributed by atoms with E-state index in [1.54, 1.807) is 6.07 Å². The summed E-state index contributed by atoms with van der Waals surface area (Å²) in [5.74, 6) is -0.422. The van der Waals surface area contributed by atoms with Crippen LogP contribution in [0.15, 0.2) is 34.3 Å². The van der Waals surface area contributed by atoms with Crippen LogP contribution < -0.4 is 0 Å². The van der Waals surface area contributed by atoms with E-state index < -0.39 is 0 Å². The third kappa shape index (κ3) is 2.59. The van der Waals surface area contributed by atoms with Crippen molar-refractivity contribution in [2.75, 3.05) is 0 Å². The van der Waals surface area contributed by atoms with Gasteiger partial charge in [-0.2, -0.15) is 0 Å². The van der Waals surface area contributed by atoms with Crippen molar-refractivity contribution in [3.8, 4) is 0 Å². The predicted octanol–water partition coefficient (Wildman–Crippen LogP) is 4.27. The molecule has 1 aliphatic carbocycles. The summed E-state index contributed by atoms with van der Waals surface area (Å²) in [4.78, 5) is 12.0. The molecular weight excluding hydrogens is 271 g/mol. The first kappa shape index (κ1) is 11.5. The number of halogens is 2. The normalized spacial score (nSPS) is 15.8. The molecule has 16 heavy (non-hydrogen) atoms. The van der Waals surface area contributed by atoms with Crippen LogP contribution in [-0.2, 0) is 0 Å². The first-order valence-corrected chi connectivity index (χ1v) is 6.16. The molecule has 0 heterocycles. The Hall–Kier alpha value is -0.960. The van der Waals surface area contributed by atoms with E-state index in [-0.39, 0.29) is 11.6 Å². The van der Waals surface area contributed by atoms with Crippen LogP contribution in [0.3, 0.4) is 0 Å². The summed E-state index contributed by atoms with van der Waals surface area (Å²) in [7, 11) is 0. The van der Waals surface area contributed by atoms with Crippen molar-refractivity contribution >= 4 is 21.7 Å². The van der Waals surface area contributed by atoms with Gasteiger partial charge in [-0.25, -0.2) is 4.39 Å². The molecule has 0 aromatic heterocycles. The fraction of sp³-hybridized carbons (Fsp3) is 0.308. The third-order valence-electron chi connectivity index (χ3n) is 2.71. The summed E-state index contributed by atoms with van der Waals surface area (Å²) < 4.78 is 13.8. The molecule has 0 N–H and O–H groups in total. The number of hydrogen-bond donors (Lipinski definition) is 0. The number of rotatable bonds is 2. The van der Waals surface area contributed by atoms with Gasteiger partial charge in [0.15, 0.2) is 5.78 Å². The standard InChI is InChI=1S/C13H12BrFO/c14-11-6-10(7-12(15)8-11)13(16)9-4-2-1-3-5-9/h4,6-8H,1-3,5H2. The third-order valence-corrected chi connectivity index (χ3v) is 3.17. The molecule has 3 heteroatoms. The Bertz CT molecular complexity index is 431.